The fourth-order valence-corrected chi connectivity index (χ4v) is 3.51. The van der Waals surface area contributed by atoms with Gasteiger partial charge in [-0.1, -0.05) is 46.3 Å². The molecule has 1 heterocycles. The first kappa shape index (κ1) is 23.3. The lowest BCUT2D eigenvalue weighted by Gasteiger charge is -2.14. The molecule has 0 fully saturated rings. The molecule has 0 aliphatic heterocycles. The molecule has 1 atom stereocenters. The molecule has 1 unspecified atom stereocenters. The maximum atomic E-state index is 12.7. The largest absolute Gasteiger partial charge is 0.482 e. The number of carbonyl (C=O) groups is 2. The van der Waals surface area contributed by atoms with Crippen molar-refractivity contribution in [3.63, 3.8) is 0 Å². The van der Waals surface area contributed by atoms with Gasteiger partial charge in [0.1, 0.15) is 22.6 Å². The molecule has 0 spiro atoms. The lowest BCUT2D eigenvalue weighted by atomic mass is 10.1. The SMILES string of the molecule is CC(NC(=O)c1cc2ccc(OC(=O)COc3ccc(Br)cc3)cc2oc1=O)c1ccccc1. The predicted molar refractivity (Wildman–Crippen MR) is 130 cm³/mol. The summed E-state index contributed by atoms with van der Waals surface area (Å²) < 4.78 is 16.9. The van der Waals surface area contributed by atoms with Crippen LogP contribution in [0.4, 0.5) is 0 Å². The highest BCUT2D eigenvalue weighted by Gasteiger charge is 2.17. The summed E-state index contributed by atoms with van der Waals surface area (Å²) in [5, 5.41) is 3.32. The van der Waals surface area contributed by atoms with Gasteiger partial charge < -0.3 is 19.2 Å². The van der Waals surface area contributed by atoms with Crippen LogP contribution in [0, 0.1) is 0 Å². The highest BCUT2D eigenvalue weighted by Crippen LogP contribution is 2.22. The summed E-state index contributed by atoms with van der Waals surface area (Å²) in [5.74, 6) is -0.435. The van der Waals surface area contributed by atoms with E-state index in [2.05, 4.69) is 21.2 Å². The van der Waals surface area contributed by atoms with E-state index in [9.17, 15) is 14.4 Å². The van der Waals surface area contributed by atoms with Crippen molar-refractivity contribution in [3.05, 3.63) is 105 Å². The summed E-state index contributed by atoms with van der Waals surface area (Å²) in [5.41, 5.74) is 0.212. The minimum atomic E-state index is -0.785. The molecule has 34 heavy (non-hydrogen) atoms. The Bertz CT molecular complexity index is 1380. The van der Waals surface area contributed by atoms with Gasteiger partial charge in [0, 0.05) is 15.9 Å². The molecular formula is C26H20BrNO6. The van der Waals surface area contributed by atoms with Crippen LogP contribution < -0.4 is 20.4 Å². The number of esters is 1. The second-order valence-corrected chi connectivity index (χ2v) is 8.39. The van der Waals surface area contributed by atoms with Crippen molar-refractivity contribution in [1.29, 1.82) is 0 Å². The molecular weight excluding hydrogens is 502 g/mol. The van der Waals surface area contributed by atoms with Crippen molar-refractivity contribution in [2.75, 3.05) is 6.61 Å². The summed E-state index contributed by atoms with van der Waals surface area (Å²) in [6.07, 6.45) is 0. The van der Waals surface area contributed by atoms with Crippen LogP contribution >= 0.6 is 15.9 Å². The summed E-state index contributed by atoms with van der Waals surface area (Å²) in [7, 11) is 0. The summed E-state index contributed by atoms with van der Waals surface area (Å²) in [6.45, 7) is 1.54. The van der Waals surface area contributed by atoms with E-state index in [1.807, 2.05) is 37.3 Å². The Labute approximate surface area is 203 Å². The third-order valence-corrected chi connectivity index (χ3v) is 5.53. The maximum absolute atomic E-state index is 12.7. The first-order chi connectivity index (χ1) is 16.4. The Morgan fingerprint density at radius 2 is 1.68 bits per heavy atom. The van der Waals surface area contributed by atoms with Crippen LogP contribution in [0.25, 0.3) is 11.0 Å². The lowest BCUT2D eigenvalue weighted by Crippen LogP contribution is -2.30. The smallest absolute Gasteiger partial charge is 0.349 e. The van der Waals surface area contributed by atoms with Crippen molar-refractivity contribution in [2.45, 2.75) is 13.0 Å². The molecule has 1 aromatic heterocycles. The number of hydrogen-bond donors (Lipinski definition) is 1. The van der Waals surface area contributed by atoms with Gasteiger partial charge in [0.05, 0.1) is 6.04 Å². The second kappa shape index (κ2) is 10.4. The molecule has 8 heteroatoms. The van der Waals surface area contributed by atoms with Gasteiger partial charge in [-0.3, -0.25) is 4.79 Å². The fourth-order valence-electron chi connectivity index (χ4n) is 3.25. The number of ether oxygens (including phenoxy) is 2. The van der Waals surface area contributed by atoms with E-state index in [-0.39, 0.29) is 29.5 Å². The van der Waals surface area contributed by atoms with Crippen LogP contribution in [0.3, 0.4) is 0 Å². The Balaban J connectivity index is 1.43. The third kappa shape index (κ3) is 5.71. The molecule has 7 nitrogen and oxygen atoms in total. The van der Waals surface area contributed by atoms with Crippen LogP contribution in [-0.4, -0.2) is 18.5 Å². The highest BCUT2D eigenvalue weighted by molar-refractivity contribution is 9.10. The molecule has 4 aromatic rings. The minimum Gasteiger partial charge on any atom is -0.482 e. The minimum absolute atomic E-state index is 0.108. The van der Waals surface area contributed by atoms with Gasteiger partial charge in [0.15, 0.2) is 6.61 Å². The number of fused-ring (bicyclic) bond motifs is 1. The third-order valence-electron chi connectivity index (χ3n) is 5.00. The van der Waals surface area contributed by atoms with Crippen molar-refractivity contribution in [1.82, 2.24) is 5.32 Å². The zero-order valence-electron chi connectivity index (χ0n) is 18.1. The van der Waals surface area contributed by atoms with Gasteiger partial charge in [0.2, 0.25) is 0 Å². The van der Waals surface area contributed by atoms with E-state index in [0.717, 1.165) is 10.0 Å². The molecule has 0 aliphatic carbocycles. The Kier molecular flexibility index (Phi) is 7.08. The van der Waals surface area contributed by atoms with Crippen molar-refractivity contribution < 1.29 is 23.5 Å². The van der Waals surface area contributed by atoms with E-state index in [0.29, 0.717) is 11.1 Å². The van der Waals surface area contributed by atoms with Crippen LogP contribution in [0.5, 0.6) is 11.5 Å². The van der Waals surface area contributed by atoms with Crippen molar-refractivity contribution in [2.24, 2.45) is 0 Å². The van der Waals surface area contributed by atoms with Crippen LogP contribution in [-0.2, 0) is 4.79 Å². The summed E-state index contributed by atoms with van der Waals surface area (Å²) in [6, 6.07) is 22.2. The van der Waals surface area contributed by atoms with Gasteiger partial charge in [-0.25, -0.2) is 9.59 Å². The van der Waals surface area contributed by atoms with Gasteiger partial charge in [0.25, 0.3) is 5.91 Å². The molecule has 3 aromatic carbocycles. The quantitative estimate of drug-likeness (QED) is 0.208. The fraction of sp³-hybridized carbons (Fsp3) is 0.115. The molecule has 0 aliphatic rings. The van der Waals surface area contributed by atoms with Gasteiger partial charge in [-0.05, 0) is 55.0 Å². The Morgan fingerprint density at radius 1 is 0.971 bits per heavy atom. The molecule has 0 saturated heterocycles. The first-order valence-electron chi connectivity index (χ1n) is 10.4. The van der Waals surface area contributed by atoms with Crippen molar-refractivity contribution >= 4 is 38.8 Å². The zero-order valence-corrected chi connectivity index (χ0v) is 19.7. The van der Waals surface area contributed by atoms with Crippen LogP contribution in [0.2, 0.25) is 0 Å². The first-order valence-corrected chi connectivity index (χ1v) is 11.2. The topological polar surface area (TPSA) is 94.8 Å². The zero-order chi connectivity index (χ0) is 24.1. The monoisotopic (exact) mass is 521 g/mol. The Hall–Kier alpha value is -3.91. The lowest BCUT2D eigenvalue weighted by molar-refractivity contribution is -0.136. The molecule has 0 saturated carbocycles. The van der Waals surface area contributed by atoms with Gasteiger partial charge in [-0.2, -0.15) is 0 Å². The average molecular weight is 522 g/mol. The highest BCUT2D eigenvalue weighted by atomic mass is 79.9. The number of rotatable bonds is 7. The summed E-state index contributed by atoms with van der Waals surface area (Å²) in [4.78, 5) is 37.2. The predicted octanol–water partition coefficient (Wildman–Crippen LogP) is 5.03. The number of halogens is 1. The van der Waals surface area contributed by atoms with Gasteiger partial charge in [-0.15, -0.1) is 0 Å². The molecule has 172 valence electrons. The molecule has 0 radical (unpaired) electrons. The van der Waals surface area contributed by atoms with E-state index in [4.69, 9.17) is 13.9 Å². The van der Waals surface area contributed by atoms with Crippen LogP contribution in [0.15, 0.2) is 92.5 Å². The van der Waals surface area contributed by atoms with E-state index < -0.39 is 17.5 Å². The van der Waals surface area contributed by atoms with E-state index in [1.54, 1.807) is 36.4 Å². The number of benzene rings is 3. The number of amides is 1. The van der Waals surface area contributed by atoms with Crippen LogP contribution in [0.1, 0.15) is 28.9 Å². The van der Waals surface area contributed by atoms with Crippen molar-refractivity contribution in [3.8, 4) is 11.5 Å². The molecule has 4 rings (SSSR count). The standard InChI is InChI=1S/C26H20BrNO6/c1-16(17-5-3-2-4-6-17)28-25(30)22-13-18-7-10-21(14-23(18)34-26(22)31)33-24(29)15-32-20-11-8-19(27)9-12-20/h2-14,16H,15H2,1H3,(H,28,30). The number of nitrogens with one attached hydrogen (secondary N) is 1. The molecule has 0 bridgehead atoms. The number of hydrogen-bond acceptors (Lipinski definition) is 6. The summed E-state index contributed by atoms with van der Waals surface area (Å²) >= 11 is 3.33. The molecule has 1 N–H and O–H groups in total. The van der Waals surface area contributed by atoms with E-state index in [1.165, 1.54) is 12.1 Å². The number of carbonyl (C=O) groups excluding carboxylic acids is 2. The molecule has 1 amide bonds. The average Bonchev–Trinajstić information content (AvgIpc) is 2.83. The normalized spacial score (nSPS) is 11.6. The second-order valence-electron chi connectivity index (χ2n) is 7.47. The maximum Gasteiger partial charge on any atom is 0.349 e. The van der Waals surface area contributed by atoms with Gasteiger partial charge >= 0.3 is 11.6 Å². The van der Waals surface area contributed by atoms with E-state index >= 15 is 0 Å². The Morgan fingerprint density at radius 3 is 2.41 bits per heavy atom.